The quantitative estimate of drug-likeness (QED) is 0.796. The van der Waals surface area contributed by atoms with E-state index in [4.69, 9.17) is 20.3 Å². The summed E-state index contributed by atoms with van der Waals surface area (Å²) in [5, 5.41) is 7.63. The first-order valence-electron chi connectivity index (χ1n) is 6.81. The Labute approximate surface area is 119 Å². The molecule has 2 rings (SSSR count). The standard InChI is InChI=1S/C15H22N2O3/c1-17-14-10-20-13(7-15(14,16)11-18)9-19-8-12-5-3-2-4-6-12/h2-6,13,18H,7-11,16H2,1H3/p+1/t13-,15?/m1/s1. The second kappa shape index (κ2) is 6.95. The highest BCUT2D eigenvalue weighted by molar-refractivity contribution is 5.95. The van der Waals surface area contributed by atoms with Gasteiger partial charge in [0.1, 0.15) is 5.54 Å². The van der Waals surface area contributed by atoms with Crippen LogP contribution in [0.3, 0.4) is 0 Å². The molecule has 0 saturated carbocycles. The van der Waals surface area contributed by atoms with Gasteiger partial charge in [0, 0.05) is 13.5 Å². The van der Waals surface area contributed by atoms with Crippen molar-refractivity contribution in [3.8, 4) is 0 Å². The fraction of sp³-hybridized carbons (Fsp3) is 0.533. The predicted octanol–water partition coefficient (Wildman–Crippen LogP) is 0.485. The number of aliphatic imine (C=N–C) groups is 1. The Bertz CT molecular complexity index is 450. The van der Waals surface area contributed by atoms with Crippen LogP contribution in [0, 0.1) is 0 Å². The number of rotatable bonds is 5. The molecule has 110 valence electrons. The molecule has 5 nitrogen and oxygen atoms in total. The van der Waals surface area contributed by atoms with E-state index in [2.05, 4.69) is 4.99 Å². The maximum atomic E-state index is 7.63. The van der Waals surface area contributed by atoms with E-state index in [0.717, 1.165) is 11.3 Å². The van der Waals surface area contributed by atoms with Gasteiger partial charge in [-0.05, 0) is 5.56 Å². The molecule has 1 unspecified atom stereocenters. The smallest absolute Gasteiger partial charge is 0.167 e. The Balaban J connectivity index is 1.83. The molecular weight excluding hydrogens is 256 g/mol. The maximum Gasteiger partial charge on any atom is 0.167 e. The number of benzene rings is 1. The van der Waals surface area contributed by atoms with Gasteiger partial charge in [-0.25, -0.2) is 0 Å². The summed E-state index contributed by atoms with van der Waals surface area (Å²) in [4.78, 5) is 4.14. The van der Waals surface area contributed by atoms with Gasteiger partial charge in [0.15, 0.2) is 6.61 Å². The normalized spacial score (nSPS) is 28.8. The fourth-order valence-electron chi connectivity index (χ4n) is 2.37. The minimum Gasteiger partial charge on any atom is -0.444 e. The van der Waals surface area contributed by atoms with Crippen LogP contribution in [0.1, 0.15) is 12.0 Å². The molecule has 4 N–H and O–H groups in total. The van der Waals surface area contributed by atoms with Crippen LogP contribution in [0.4, 0.5) is 0 Å². The Morgan fingerprint density at radius 3 is 2.85 bits per heavy atom. The highest BCUT2D eigenvalue weighted by Gasteiger charge is 2.40. The van der Waals surface area contributed by atoms with E-state index in [1.54, 1.807) is 7.05 Å². The molecule has 0 aromatic heterocycles. The van der Waals surface area contributed by atoms with Crippen LogP contribution < -0.4 is 5.73 Å². The third-order valence-electron chi connectivity index (χ3n) is 3.62. The summed E-state index contributed by atoms with van der Waals surface area (Å²) in [6.07, 6.45) is 0.511. The average molecular weight is 279 g/mol. The molecule has 0 radical (unpaired) electrons. The molecule has 0 bridgehead atoms. The molecule has 1 fully saturated rings. The molecular formula is C15H23N2O3+. The van der Waals surface area contributed by atoms with E-state index in [-0.39, 0.29) is 12.7 Å². The molecule has 2 atom stereocenters. The van der Waals surface area contributed by atoms with Gasteiger partial charge in [-0.3, -0.25) is 4.99 Å². The van der Waals surface area contributed by atoms with E-state index in [1.807, 2.05) is 30.3 Å². The zero-order valence-electron chi connectivity index (χ0n) is 11.8. The maximum absolute atomic E-state index is 7.63. The minimum atomic E-state index is -0.673. The predicted molar refractivity (Wildman–Crippen MR) is 79.2 cm³/mol. The molecule has 1 aliphatic heterocycles. The zero-order chi connectivity index (χ0) is 14.4. The van der Waals surface area contributed by atoms with Crippen molar-refractivity contribution in [1.82, 2.24) is 0 Å². The number of nitrogens with two attached hydrogens (primary N) is 1. The monoisotopic (exact) mass is 279 g/mol. The first kappa shape index (κ1) is 15.1. The fourth-order valence-corrected chi connectivity index (χ4v) is 2.37. The molecule has 1 aliphatic rings. The molecule has 1 saturated heterocycles. The van der Waals surface area contributed by atoms with Gasteiger partial charge in [0.2, 0.25) is 0 Å². The Morgan fingerprint density at radius 2 is 2.20 bits per heavy atom. The molecule has 0 spiro atoms. The summed E-state index contributed by atoms with van der Waals surface area (Å²) < 4.78 is 11.4. The Morgan fingerprint density at radius 1 is 1.45 bits per heavy atom. The van der Waals surface area contributed by atoms with Gasteiger partial charge >= 0.3 is 0 Å². The average Bonchev–Trinajstić information content (AvgIpc) is 2.48. The van der Waals surface area contributed by atoms with Gasteiger partial charge in [0.25, 0.3) is 0 Å². The SMILES string of the molecule is CN=C1CO[C@@H](COCc2ccccc2)CC1(N)C[OH2+]. The van der Waals surface area contributed by atoms with E-state index in [0.29, 0.717) is 26.2 Å². The van der Waals surface area contributed by atoms with Gasteiger partial charge in [-0.15, -0.1) is 0 Å². The van der Waals surface area contributed by atoms with Gasteiger partial charge < -0.3 is 20.3 Å². The van der Waals surface area contributed by atoms with E-state index < -0.39 is 5.54 Å². The van der Waals surface area contributed by atoms with Crippen LogP contribution in [0.15, 0.2) is 35.3 Å². The number of hydrogen-bond donors (Lipinski definition) is 1. The van der Waals surface area contributed by atoms with Crippen LogP contribution in [0.2, 0.25) is 0 Å². The third kappa shape index (κ3) is 3.64. The number of nitrogens with zero attached hydrogens (tertiary/aromatic N) is 1. The van der Waals surface area contributed by atoms with Crippen molar-refractivity contribution in [1.29, 1.82) is 0 Å². The lowest BCUT2D eigenvalue weighted by Gasteiger charge is -2.36. The first-order chi connectivity index (χ1) is 9.68. The van der Waals surface area contributed by atoms with Crippen LogP contribution >= 0.6 is 0 Å². The van der Waals surface area contributed by atoms with Crippen molar-refractivity contribution >= 4 is 5.71 Å². The first-order valence-corrected chi connectivity index (χ1v) is 6.81. The van der Waals surface area contributed by atoms with Crippen molar-refractivity contribution in [3.63, 3.8) is 0 Å². The minimum absolute atomic E-state index is 0.0698. The van der Waals surface area contributed by atoms with Crippen molar-refractivity contribution in [2.75, 3.05) is 26.9 Å². The van der Waals surface area contributed by atoms with Gasteiger partial charge in [-0.2, -0.15) is 0 Å². The lowest BCUT2D eigenvalue weighted by Crippen LogP contribution is -2.59. The lowest BCUT2D eigenvalue weighted by atomic mass is 9.87. The van der Waals surface area contributed by atoms with E-state index in [9.17, 15) is 0 Å². The second-order valence-corrected chi connectivity index (χ2v) is 5.14. The topological polar surface area (TPSA) is 79.7 Å². The molecule has 0 amide bonds. The van der Waals surface area contributed by atoms with Crippen molar-refractivity contribution < 1.29 is 14.6 Å². The Kier molecular flexibility index (Phi) is 5.25. The van der Waals surface area contributed by atoms with Crippen LogP contribution in [-0.2, 0) is 16.1 Å². The molecule has 1 aromatic rings. The Hall–Kier alpha value is -1.27. The second-order valence-electron chi connectivity index (χ2n) is 5.14. The lowest BCUT2D eigenvalue weighted by molar-refractivity contribution is -0.0348. The van der Waals surface area contributed by atoms with Gasteiger partial charge in [-0.1, -0.05) is 30.3 Å². The van der Waals surface area contributed by atoms with Crippen molar-refractivity contribution in [3.05, 3.63) is 35.9 Å². The van der Waals surface area contributed by atoms with Crippen LogP contribution in [0.25, 0.3) is 0 Å². The molecule has 5 heteroatoms. The number of hydrogen-bond acceptors (Lipinski definition) is 4. The molecule has 0 aliphatic carbocycles. The summed E-state index contributed by atoms with van der Waals surface area (Å²) in [5.41, 5.74) is 7.47. The van der Waals surface area contributed by atoms with Crippen molar-refractivity contribution in [2.24, 2.45) is 10.7 Å². The van der Waals surface area contributed by atoms with Crippen molar-refractivity contribution in [2.45, 2.75) is 24.7 Å². The highest BCUT2D eigenvalue weighted by atomic mass is 16.5. The molecule has 20 heavy (non-hydrogen) atoms. The highest BCUT2D eigenvalue weighted by Crippen LogP contribution is 2.21. The summed E-state index contributed by atoms with van der Waals surface area (Å²) in [5.74, 6) is 0. The van der Waals surface area contributed by atoms with E-state index in [1.165, 1.54) is 0 Å². The largest absolute Gasteiger partial charge is 0.444 e. The van der Waals surface area contributed by atoms with Gasteiger partial charge in [0.05, 0.1) is 31.6 Å². The summed E-state index contributed by atoms with van der Waals surface area (Å²) in [7, 11) is 1.70. The van der Waals surface area contributed by atoms with Crippen LogP contribution in [-0.4, -0.2) is 49.3 Å². The summed E-state index contributed by atoms with van der Waals surface area (Å²) >= 11 is 0. The summed E-state index contributed by atoms with van der Waals surface area (Å²) in [6, 6.07) is 10.0. The summed E-state index contributed by atoms with van der Waals surface area (Å²) in [6.45, 7) is 1.57. The zero-order valence-corrected chi connectivity index (χ0v) is 11.8. The van der Waals surface area contributed by atoms with Crippen LogP contribution in [0.5, 0.6) is 0 Å². The molecule has 1 aromatic carbocycles. The van der Waals surface area contributed by atoms with E-state index >= 15 is 0 Å². The molecule has 1 heterocycles. The number of ether oxygens (including phenoxy) is 2. The third-order valence-corrected chi connectivity index (χ3v) is 3.62.